The lowest BCUT2D eigenvalue weighted by atomic mass is 10.1. The van der Waals surface area contributed by atoms with Gasteiger partial charge in [0.25, 0.3) is 0 Å². The predicted molar refractivity (Wildman–Crippen MR) is 82.1 cm³/mol. The van der Waals surface area contributed by atoms with Gasteiger partial charge in [-0.25, -0.2) is 14.4 Å². The number of aromatic nitrogens is 4. The van der Waals surface area contributed by atoms with Crippen LogP contribution in [-0.4, -0.2) is 19.7 Å². The maximum absolute atomic E-state index is 13.1. The highest BCUT2D eigenvalue weighted by molar-refractivity contribution is 5.91. The number of nitrogens with zero attached hydrogens (tertiary/aromatic N) is 4. The van der Waals surface area contributed by atoms with Gasteiger partial charge in [-0.15, -0.1) is 0 Å². The van der Waals surface area contributed by atoms with Crippen LogP contribution >= 0.6 is 0 Å². The molecular weight excluding hydrogens is 279 g/mol. The van der Waals surface area contributed by atoms with Gasteiger partial charge in [-0.05, 0) is 48.5 Å². The molecule has 0 unspecified atom stereocenters. The van der Waals surface area contributed by atoms with E-state index >= 15 is 0 Å². The molecule has 0 saturated heterocycles. The fourth-order valence-electron chi connectivity index (χ4n) is 2.41. The molecule has 4 rings (SSSR count). The lowest BCUT2D eigenvalue weighted by Crippen LogP contribution is -1.99. The molecule has 0 radical (unpaired) electrons. The van der Waals surface area contributed by atoms with E-state index in [-0.39, 0.29) is 5.82 Å². The number of benzene rings is 1. The topological polar surface area (TPSA) is 43.6 Å². The van der Waals surface area contributed by atoms with Gasteiger partial charge in [-0.1, -0.05) is 6.07 Å². The summed E-state index contributed by atoms with van der Waals surface area (Å²) >= 11 is 0. The van der Waals surface area contributed by atoms with Crippen molar-refractivity contribution in [2.45, 2.75) is 0 Å². The first-order valence-corrected chi connectivity index (χ1v) is 6.84. The molecule has 0 aliphatic heterocycles. The van der Waals surface area contributed by atoms with Crippen molar-refractivity contribution in [2.75, 3.05) is 0 Å². The molecule has 0 N–H and O–H groups in total. The van der Waals surface area contributed by atoms with Crippen LogP contribution in [0.2, 0.25) is 0 Å². The quantitative estimate of drug-likeness (QED) is 0.566. The highest BCUT2D eigenvalue weighted by Gasteiger charge is 2.14. The van der Waals surface area contributed by atoms with E-state index in [1.54, 1.807) is 29.2 Å². The van der Waals surface area contributed by atoms with E-state index in [0.717, 1.165) is 22.3 Å². The molecule has 3 heterocycles. The first kappa shape index (κ1) is 12.6. The number of fused-ring (bicyclic) bond motifs is 1. The minimum Gasteiger partial charge on any atom is -0.237 e. The molecule has 4 aromatic rings. The van der Waals surface area contributed by atoms with Crippen LogP contribution in [0.25, 0.3) is 28.1 Å². The number of halogens is 1. The van der Waals surface area contributed by atoms with Crippen LogP contribution in [0, 0.1) is 5.82 Å². The van der Waals surface area contributed by atoms with Crippen LogP contribution in [0.5, 0.6) is 0 Å². The molecular formula is C17H11FN4. The molecule has 1 aromatic carbocycles. The van der Waals surface area contributed by atoms with Gasteiger partial charge >= 0.3 is 0 Å². The molecule has 106 valence electrons. The monoisotopic (exact) mass is 290 g/mol. The molecule has 3 aromatic heterocycles. The molecule has 0 spiro atoms. The third kappa shape index (κ3) is 2.03. The molecule has 0 amide bonds. The first-order valence-electron chi connectivity index (χ1n) is 6.84. The van der Waals surface area contributed by atoms with Crippen molar-refractivity contribution in [2.24, 2.45) is 0 Å². The van der Waals surface area contributed by atoms with E-state index in [9.17, 15) is 4.39 Å². The Bertz CT molecular complexity index is 930. The summed E-state index contributed by atoms with van der Waals surface area (Å²) in [5.74, 6) is 0.426. The van der Waals surface area contributed by atoms with Crippen molar-refractivity contribution in [1.82, 2.24) is 19.7 Å². The Kier molecular flexibility index (Phi) is 2.89. The zero-order valence-corrected chi connectivity index (χ0v) is 11.5. The predicted octanol–water partition coefficient (Wildman–Crippen LogP) is 3.62. The summed E-state index contributed by atoms with van der Waals surface area (Å²) in [7, 11) is 0. The Hall–Kier alpha value is -3.08. The Balaban J connectivity index is 1.99. The average molecular weight is 290 g/mol. The van der Waals surface area contributed by atoms with E-state index in [1.165, 1.54) is 12.1 Å². The minimum atomic E-state index is -0.268. The van der Waals surface area contributed by atoms with Gasteiger partial charge in [0.2, 0.25) is 0 Å². The maximum atomic E-state index is 13.1. The molecule has 0 fully saturated rings. The van der Waals surface area contributed by atoms with E-state index < -0.39 is 0 Å². The summed E-state index contributed by atoms with van der Waals surface area (Å²) in [5.41, 5.74) is 2.32. The second-order valence-corrected chi connectivity index (χ2v) is 4.83. The van der Waals surface area contributed by atoms with E-state index in [2.05, 4.69) is 15.1 Å². The largest absolute Gasteiger partial charge is 0.237 e. The second-order valence-electron chi connectivity index (χ2n) is 4.83. The summed E-state index contributed by atoms with van der Waals surface area (Å²) in [4.78, 5) is 8.73. The summed E-state index contributed by atoms with van der Waals surface area (Å²) < 4.78 is 14.8. The Labute approximate surface area is 125 Å². The Morgan fingerprint density at radius 1 is 0.818 bits per heavy atom. The molecule has 0 bridgehead atoms. The van der Waals surface area contributed by atoms with Gasteiger partial charge in [-0.2, -0.15) is 9.78 Å². The van der Waals surface area contributed by atoms with Crippen LogP contribution < -0.4 is 0 Å². The fourth-order valence-corrected chi connectivity index (χ4v) is 2.41. The van der Waals surface area contributed by atoms with Crippen molar-refractivity contribution in [3.63, 3.8) is 0 Å². The van der Waals surface area contributed by atoms with Gasteiger partial charge < -0.3 is 0 Å². The van der Waals surface area contributed by atoms with Crippen LogP contribution in [0.15, 0.2) is 67.0 Å². The number of rotatable bonds is 2. The standard InChI is InChI=1S/C17H11FN4/c18-13-8-6-12(7-9-13)16-14-4-3-11-20-17(14)22(21-16)15-5-1-2-10-19-15/h1-11H. The highest BCUT2D eigenvalue weighted by atomic mass is 19.1. The summed E-state index contributed by atoms with van der Waals surface area (Å²) in [5, 5.41) is 5.53. The smallest absolute Gasteiger partial charge is 0.165 e. The van der Waals surface area contributed by atoms with Crippen LogP contribution in [-0.2, 0) is 0 Å². The van der Waals surface area contributed by atoms with E-state index in [4.69, 9.17) is 0 Å². The Morgan fingerprint density at radius 3 is 2.41 bits per heavy atom. The van der Waals surface area contributed by atoms with Gasteiger partial charge in [0, 0.05) is 23.3 Å². The summed E-state index contributed by atoms with van der Waals surface area (Å²) in [6.07, 6.45) is 3.43. The van der Waals surface area contributed by atoms with Crippen molar-refractivity contribution >= 4 is 11.0 Å². The molecule has 0 aliphatic rings. The average Bonchev–Trinajstić information content (AvgIpc) is 2.96. The van der Waals surface area contributed by atoms with Crippen molar-refractivity contribution in [3.8, 4) is 17.1 Å². The highest BCUT2D eigenvalue weighted by Crippen LogP contribution is 2.28. The molecule has 0 saturated carbocycles. The van der Waals surface area contributed by atoms with Gasteiger partial charge in [-0.3, -0.25) is 0 Å². The van der Waals surface area contributed by atoms with Gasteiger partial charge in [0.15, 0.2) is 11.5 Å². The van der Waals surface area contributed by atoms with Crippen LogP contribution in [0.3, 0.4) is 0 Å². The molecule has 5 heteroatoms. The van der Waals surface area contributed by atoms with Gasteiger partial charge in [0.1, 0.15) is 11.5 Å². The summed E-state index contributed by atoms with van der Waals surface area (Å²) in [6.45, 7) is 0. The zero-order valence-electron chi connectivity index (χ0n) is 11.5. The normalized spacial score (nSPS) is 11.0. The molecule has 0 aliphatic carbocycles. The van der Waals surface area contributed by atoms with Crippen molar-refractivity contribution in [1.29, 1.82) is 0 Å². The number of pyridine rings is 2. The summed E-state index contributed by atoms with van der Waals surface area (Å²) in [6, 6.07) is 15.7. The first-order chi connectivity index (χ1) is 10.8. The van der Waals surface area contributed by atoms with E-state index in [1.807, 2.05) is 30.3 Å². The van der Waals surface area contributed by atoms with Crippen LogP contribution in [0.1, 0.15) is 0 Å². The zero-order chi connectivity index (χ0) is 14.9. The van der Waals surface area contributed by atoms with Crippen LogP contribution in [0.4, 0.5) is 4.39 Å². The SMILES string of the molecule is Fc1ccc(-c2nn(-c3ccccn3)c3ncccc23)cc1. The van der Waals surface area contributed by atoms with Crippen molar-refractivity contribution < 1.29 is 4.39 Å². The number of hydrogen-bond donors (Lipinski definition) is 0. The maximum Gasteiger partial charge on any atom is 0.165 e. The minimum absolute atomic E-state index is 0.268. The molecule has 0 atom stereocenters. The van der Waals surface area contributed by atoms with Gasteiger partial charge in [0.05, 0.1) is 0 Å². The third-order valence-electron chi connectivity index (χ3n) is 3.43. The fraction of sp³-hybridized carbons (Fsp3) is 0. The second kappa shape index (κ2) is 5.04. The third-order valence-corrected chi connectivity index (χ3v) is 3.43. The lowest BCUT2D eigenvalue weighted by molar-refractivity contribution is 0.628. The Morgan fingerprint density at radius 2 is 1.64 bits per heavy atom. The van der Waals surface area contributed by atoms with Crippen molar-refractivity contribution in [3.05, 3.63) is 72.8 Å². The molecule has 4 nitrogen and oxygen atoms in total. The number of hydrogen-bond acceptors (Lipinski definition) is 3. The molecule has 22 heavy (non-hydrogen) atoms. The lowest BCUT2D eigenvalue weighted by Gasteiger charge is -2.00. The van der Waals surface area contributed by atoms with E-state index in [0.29, 0.717) is 5.82 Å².